The lowest BCUT2D eigenvalue weighted by Gasteiger charge is -2.03. The van der Waals surface area contributed by atoms with Crippen LogP contribution in [-0.2, 0) is 0 Å². The first-order valence-corrected chi connectivity index (χ1v) is 6.70. The maximum atomic E-state index is 12.2. The first-order chi connectivity index (χ1) is 10.6. The molecule has 2 aromatic carbocycles. The molecule has 22 heavy (non-hydrogen) atoms. The minimum atomic E-state index is -0.268. The molecule has 3 rings (SSSR count). The molecule has 3 aromatic rings. The Bertz CT molecular complexity index is 790. The van der Waals surface area contributed by atoms with E-state index >= 15 is 0 Å². The highest BCUT2D eigenvalue weighted by Crippen LogP contribution is 2.23. The molecule has 0 unspecified atom stereocenters. The van der Waals surface area contributed by atoms with Crippen molar-refractivity contribution in [3.8, 4) is 22.6 Å². The number of phenolic OH excluding ortho intramolecular Hbond substituents is 2. The van der Waals surface area contributed by atoms with E-state index in [1.807, 2.05) is 0 Å². The summed E-state index contributed by atoms with van der Waals surface area (Å²) in [6.07, 6.45) is 1.73. The minimum Gasteiger partial charge on any atom is -0.508 e. The van der Waals surface area contributed by atoms with E-state index in [-0.39, 0.29) is 17.4 Å². The zero-order valence-electron chi connectivity index (χ0n) is 11.6. The van der Waals surface area contributed by atoms with Gasteiger partial charge < -0.3 is 20.5 Å². The predicted molar refractivity (Wildman–Crippen MR) is 84.0 cm³/mol. The number of amides is 1. The van der Waals surface area contributed by atoms with E-state index in [2.05, 4.69) is 10.3 Å². The number of carbonyl (C=O) groups excluding carboxylic acids is 1. The zero-order valence-corrected chi connectivity index (χ0v) is 11.6. The van der Waals surface area contributed by atoms with Crippen LogP contribution >= 0.6 is 0 Å². The van der Waals surface area contributed by atoms with Gasteiger partial charge in [-0.15, -0.1) is 0 Å². The van der Waals surface area contributed by atoms with Crippen LogP contribution in [0.15, 0.2) is 60.8 Å². The molecule has 0 radical (unpaired) electrons. The summed E-state index contributed by atoms with van der Waals surface area (Å²) in [6.45, 7) is 0. The molecule has 0 fully saturated rings. The van der Waals surface area contributed by atoms with Crippen molar-refractivity contribution < 1.29 is 15.0 Å². The van der Waals surface area contributed by atoms with Gasteiger partial charge in [-0.3, -0.25) is 4.79 Å². The van der Waals surface area contributed by atoms with Gasteiger partial charge in [0.15, 0.2) is 0 Å². The van der Waals surface area contributed by atoms with E-state index in [1.165, 1.54) is 12.1 Å². The number of aromatic amines is 1. The van der Waals surface area contributed by atoms with Gasteiger partial charge in [0.1, 0.15) is 17.2 Å². The van der Waals surface area contributed by atoms with Gasteiger partial charge in [0.25, 0.3) is 5.91 Å². The van der Waals surface area contributed by atoms with Gasteiger partial charge in [0.2, 0.25) is 0 Å². The number of anilines is 1. The molecule has 0 bridgehead atoms. The smallest absolute Gasteiger partial charge is 0.272 e. The van der Waals surface area contributed by atoms with Gasteiger partial charge in [-0.2, -0.15) is 0 Å². The third-order valence-electron chi connectivity index (χ3n) is 3.25. The Morgan fingerprint density at radius 1 is 0.864 bits per heavy atom. The van der Waals surface area contributed by atoms with Gasteiger partial charge in [-0.25, -0.2) is 0 Å². The van der Waals surface area contributed by atoms with Crippen LogP contribution in [0.2, 0.25) is 0 Å². The monoisotopic (exact) mass is 294 g/mol. The number of H-pyrrole nitrogens is 1. The quantitative estimate of drug-likeness (QED) is 0.559. The first kappa shape index (κ1) is 13.8. The summed E-state index contributed by atoms with van der Waals surface area (Å²) in [5.74, 6) is 0.0767. The summed E-state index contributed by atoms with van der Waals surface area (Å²) in [6, 6.07) is 14.7. The molecule has 0 saturated heterocycles. The number of benzene rings is 2. The van der Waals surface area contributed by atoms with Crippen LogP contribution in [0.5, 0.6) is 11.5 Å². The minimum absolute atomic E-state index is 0.146. The molecule has 0 aliphatic carbocycles. The molecular formula is C17H14N2O3. The van der Waals surface area contributed by atoms with Crippen LogP contribution in [0.1, 0.15) is 10.5 Å². The van der Waals surface area contributed by atoms with Crippen LogP contribution < -0.4 is 5.32 Å². The Hall–Kier alpha value is -3.21. The van der Waals surface area contributed by atoms with Crippen LogP contribution in [-0.4, -0.2) is 21.1 Å². The molecule has 1 amide bonds. The second-order valence-corrected chi connectivity index (χ2v) is 4.85. The predicted octanol–water partition coefficient (Wildman–Crippen LogP) is 3.35. The fourth-order valence-electron chi connectivity index (χ4n) is 2.09. The Morgan fingerprint density at radius 3 is 2.09 bits per heavy atom. The lowest BCUT2D eigenvalue weighted by atomic mass is 10.1. The Labute approximate surface area is 126 Å². The number of rotatable bonds is 3. The Kier molecular flexibility index (Phi) is 3.53. The average molecular weight is 294 g/mol. The van der Waals surface area contributed by atoms with E-state index in [1.54, 1.807) is 48.7 Å². The van der Waals surface area contributed by atoms with E-state index in [0.29, 0.717) is 11.4 Å². The summed E-state index contributed by atoms with van der Waals surface area (Å²) >= 11 is 0. The van der Waals surface area contributed by atoms with Gasteiger partial charge in [-0.1, -0.05) is 12.1 Å². The molecule has 5 nitrogen and oxygen atoms in total. The molecule has 0 spiro atoms. The third-order valence-corrected chi connectivity index (χ3v) is 3.25. The fourth-order valence-corrected chi connectivity index (χ4v) is 2.09. The highest BCUT2D eigenvalue weighted by Gasteiger charge is 2.10. The van der Waals surface area contributed by atoms with Crippen LogP contribution in [0, 0.1) is 0 Å². The van der Waals surface area contributed by atoms with Crippen LogP contribution in [0.4, 0.5) is 5.69 Å². The van der Waals surface area contributed by atoms with Crippen molar-refractivity contribution in [2.24, 2.45) is 0 Å². The number of aromatic hydroxyl groups is 2. The maximum absolute atomic E-state index is 12.2. The molecule has 0 saturated carbocycles. The summed E-state index contributed by atoms with van der Waals surface area (Å²) in [4.78, 5) is 15.1. The van der Waals surface area contributed by atoms with Gasteiger partial charge in [0, 0.05) is 11.9 Å². The maximum Gasteiger partial charge on any atom is 0.272 e. The SMILES string of the molecule is O=C(Nc1ccc(O)cc1)c1cc(-c2ccc(O)cc2)c[nH]1. The molecule has 0 aliphatic heterocycles. The first-order valence-electron chi connectivity index (χ1n) is 6.70. The van der Waals surface area contributed by atoms with Gasteiger partial charge >= 0.3 is 0 Å². The van der Waals surface area contributed by atoms with E-state index in [9.17, 15) is 15.0 Å². The topological polar surface area (TPSA) is 85.3 Å². The van der Waals surface area contributed by atoms with Crippen molar-refractivity contribution >= 4 is 11.6 Å². The molecule has 5 heteroatoms. The lowest BCUT2D eigenvalue weighted by Crippen LogP contribution is -2.11. The van der Waals surface area contributed by atoms with Gasteiger partial charge in [0.05, 0.1) is 0 Å². The molecule has 110 valence electrons. The van der Waals surface area contributed by atoms with Crippen molar-refractivity contribution in [3.05, 3.63) is 66.5 Å². The number of hydrogen-bond donors (Lipinski definition) is 4. The van der Waals surface area contributed by atoms with Gasteiger partial charge in [-0.05, 0) is 53.6 Å². The molecule has 1 heterocycles. The summed E-state index contributed by atoms with van der Waals surface area (Å²) < 4.78 is 0. The summed E-state index contributed by atoms with van der Waals surface area (Å²) in [7, 11) is 0. The number of carbonyl (C=O) groups is 1. The largest absolute Gasteiger partial charge is 0.508 e. The number of aromatic nitrogens is 1. The van der Waals surface area contributed by atoms with Crippen molar-refractivity contribution in [3.63, 3.8) is 0 Å². The molecule has 1 aromatic heterocycles. The average Bonchev–Trinajstić information content (AvgIpc) is 3.00. The molecule has 4 N–H and O–H groups in total. The fraction of sp³-hybridized carbons (Fsp3) is 0. The number of phenols is 2. The molecular weight excluding hydrogens is 280 g/mol. The lowest BCUT2D eigenvalue weighted by molar-refractivity contribution is 0.102. The van der Waals surface area contributed by atoms with E-state index < -0.39 is 0 Å². The number of nitrogens with one attached hydrogen (secondary N) is 2. The number of hydrogen-bond acceptors (Lipinski definition) is 3. The van der Waals surface area contributed by atoms with Crippen molar-refractivity contribution in [1.82, 2.24) is 4.98 Å². The summed E-state index contributed by atoms with van der Waals surface area (Å²) in [5.41, 5.74) is 2.79. The van der Waals surface area contributed by atoms with E-state index in [0.717, 1.165) is 11.1 Å². The normalized spacial score (nSPS) is 10.4. The molecule has 0 atom stereocenters. The van der Waals surface area contributed by atoms with Crippen molar-refractivity contribution in [2.75, 3.05) is 5.32 Å². The Balaban J connectivity index is 1.76. The zero-order chi connectivity index (χ0) is 15.5. The highest BCUT2D eigenvalue weighted by atomic mass is 16.3. The van der Waals surface area contributed by atoms with Crippen molar-refractivity contribution in [2.45, 2.75) is 0 Å². The Morgan fingerprint density at radius 2 is 1.45 bits per heavy atom. The second kappa shape index (κ2) is 5.65. The van der Waals surface area contributed by atoms with Crippen molar-refractivity contribution in [1.29, 1.82) is 0 Å². The third kappa shape index (κ3) is 2.93. The van der Waals surface area contributed by atoms with Crippen LogP contribution in [0.3, 0.4) is 0 Å². The van der Waals surface area contributed by atoms with E-state index in [4.69, 9.17) is 0 Å². The standard InChI is InChI=1S/C17H14N2O3/c20-14-5-1-11(2-6-14)12-9-16(18-10-12)17(22)19-13-3-7-15(21)8-4-13/h1-10,18,20-21H,(H,19,22). The molecule has 0 aliphatic rings. The second-order valence-electron chi connectivity index (χ2n) is 4.85. The van der Waals surface area contributed by atoms with Crippen LogP contribution in [0.25, 0.3) is 11.1 Å². The highest BCUT2D eigenvalue weighted by molar-refractivity contribution is 6.03. The summed E-state index contributed by atoms with van der Waals surface area (Å²) in [5, 5.41) is 21.2.